The van der Waals surface area contributed by atoms with Crippen LogP contribution in [-0.4, -0.2) is 28.9 Å². The molecule has 3 aromatic heterocycles. The number of hydrogen-bond acceptors (Lipinski definition) is 7. The lowest BCUT2D eigenvalue weighted by atomic mass is 10.5. The molecular weight excluding hydrogens is 292 g/mol. The van der Waals surface area contributed by atoms with Crippen molar-refractivity contribution in [3.8, 4) is 0 Å². The molecule has 0 aromatic carbocycles. The van der Waals surface area contributed by atoms with Gasteiger partial charge in [-0.15, -0.1) is 0 Å². The molecule has 0 aliphatic rings. The smallest absolute Gasteiger partial charge is 0.213 e. The fraction of sp³-hybridized carbons (Fsp3) is 0.222. The fourth-order valence-electron chi connectivity index (χ4n) is 1.34. The highest BCUT2D eigenvalue weighted by atomic mass is 35.5. The first-order chi connectivity index (χ1) is 8.76. The van der Waals surface area contributed by atoms with Crippen molar-refractivity contribution in [2.45, 2.75) is 22.7 Å². The lowest BCUT2D eigenvalue weighted by molar-refractivity contribution is 0.841. The first-order valence-electron chi connectivity index (χ1n) is 5.13. The van der Waals surface area contributed by atoms with Crippen molar-refractivity contribution in [3.63, 3.8) is 0 Å². The minimum Gasteiger partial charge on any atom is -0.213 e. The first kappa shape index (κ1) is 11.8. The van der Waals surface area contributed by atoms with E-state index in [1.807, 2.05) is 6.92 Å². The molecule has 0 aliphatic carbocycles. The van der Waals surface area contributed by atoms with Crippen molar-refractivity contribution >= 4 is 40.7 Å². The van der Waals surface area contributed by atoms with Crippen molar-refractivity contribution in [3.05, 3.63) is 23.4 Å². The molecule has 18 heavy (non-hydrogen) atoms. The van der Waals surface area contributed by atoms with Gasteiger partial charge < -0.3 is 0 Å². The monoisotopic (exact) mass is 298 g/mol. The number of aromatic nitrogens is 6. The largest absolute Gasteiger partial charge is 0.254 e. The maximum Gasteiger partial charge on any atom is 0.254 e. The average Bonchev–Trinajstić information content (AvgIpc) is 2.97. The quantitative estimate of drug-likeness (QED) is 0.691. The van der Waals surface area contributed by atoms with Gasteiger partial charge in [0.15, 0.2) is 4.34 Å². The van der Waals surface area contributed by atoms with Gasteiger partial charge in [0.25, 0.3) is 5.78 Å². The molecule has 0 bridgehead atoms. The number of halogens is 1. The summed E-state index contributed by atoms with van der Waals surface area (Å²) in [6.45, 7) is 2.02. The van der Waals surface area contributed by atoms with Crippen molar-refractivity contribution in [1.82, 2.24) is 28.9 Å². The second kappa shape index (κ2) is 4.79. The molecule has 6 nitrogen and oxygen atoms in total. The molecule has 0 atom stereocenters. The zero-order chi connectivity index (χ0) is 12.5. The standard InChI is InChI=1S/C9H7ClN6S2/c1-2-6-14-9(18-15-6)17-7-3-5(10)13-8-11-4-12-16(7)8/h3-4H,2H2,1H3. The highest BCUT2D eigenvalue weighted by Gasteiger charge is 2.11. The summed E-state index contributed by atoms with van der Waals surface area (Å²) in [5.74, 6) is 1.32. The van der Waals surface area contributed by atoms with Gasteiger partial charge in [-0.05, 0) is 23.3 Å². The summed E-state index contributed by atoms with van der Waals surface area (Å²) >= 11 is 8.76. The van der Waals surface area contributed by atoms with Crippen LogP contribution < -0.4 is 0 Å². The van der Waals surface area contributed by atoms with Gasteiger partial charge in [0.2, 0.25) is 0 Å². The van der Waals surface area contributed by atoms with E-state index in [4.69, 9.17) is 11.6 Å². The Morgan fingerprint density at radius 1 is 1.44 bits per heavy atom. The van der Waals surface area contributed by atoms with Crippen LogP contribution in [0.1, 0.15) is 12.7 Å². The maximum atomic E-state index is 5.94. The van der Waals surface area contributed by atoms with Crippen LogP contribution >= 0.6 is 34.9 Å². The van der Waals surface area contributed by atoms with E-state index in [0.29, 0.717) is 10.9 Å². The fourth-order valence-corrected chi connectivity index (χ4v) is 3.32. The Balaban J connectivity index is 2.00. The summed E-state index contributed by atoms with van der Waals surface area (Å²) in [5.41, 5.74) is 0. The Morgan fingerprint density at radius 2 is 2.33 bits per heavy atom. The average molecular weight is 299 g/mol. The molecule has 9 heteroatoms. The van der Waals surface area contributed by atoms with Crippen molar-refractivity contribution in [2.24, 2.45) is 0 Å². The van der Waals surface area contributed by atoms with Crippen LogP contribution in [0.5, 0.6) is 0 Å². The number of rotatable bonds is 3. The van der Waals surface area contributed by atoms with Gasteiger partial charge in [-0.1, -0.05) is 18.5 Å². The lowest BCUT2D eigenvalue weighted by Gasteiger charge is -2.00. The van der Waals surface area contributed by atoms with E-state index in [9.17, 15) is 0 Å². The summed E-state index contributed by atoms with van der Waals surface area (Å²) in [5, 5.41) is 5.31. The normalized spacial score (nSPS) is 11.2. The predicted molar refractivity (Wildman–Crippen MR) is 69.2 cm³/mol. The van der Waals surface area contributed by atoms with Crippen LogP contribution in [0.4, 0.5) is 0 Å². The van der Waals surface area contributed by atoms with E-state index in [2.05, 4.69) is 24.4 Å². The van der Waals surface area contributed by atoms with Gasteiger partial charge in [0.1, 0.15) is 22.3 Å². The molecule has 0 saturated heterocycles. The van der Waals surface area contributed by atoms with Crippen molar-refractivity contribution < 1.29 is 0 Å². The molecule has 3 heterocycles. The van der Waals surface area contributed by atoms with Crippen LogP contribution in [0.25, 0.3) is 5.78 Å². The van der Waals surface area contributed by atoms with Crippen LogP contribution in [0.2, 0.25) is 5.15 Å². The van der Waals surface area contributed by atoms with Crippen molar-refractivity contribution in [1.29, 1.82) is 0 Å². The minimum atomic E-state index is 0.387. The van der Waals surface area contributed by atoms with Crippen molar-refractivity contribution in [2.75, 3.05) is 0 Å². The van der Waals surface area contributed by atoms with E-state index in [1.54, 1.807) is 10.6 Å². The minimum absolute atomic E-state index is 0.387. The summed E-state index contributed by atoms with van der Waals surface area (Å²) in [6, 6.07) is 1.74. The molecule has 0 spiro atoms. The maximum absolute atomic E-state index is 5.94. The van der Waals surface area contributed by atoms with E-state index in [0.717, 1.165) is 21.6 Å². The number of nitrogens with zero attached hydrogens (tertiary/aromatic N) is 6. The van der Waals surface area contributed by atoms with E-state index >= 15 is 0 Å². The Labute approximate surface area is 116 Å². The zero-order valence-corrected chi connectivity index (χ0v) is 11.6. The zero-order valence-electron chi connectivity index (χ0n) is 9.24. The lowest BCUT2D eigenvalue weighted by Crippen LogP contribution is -1.95. The van der Waals surface area contributed by atoms with Crippen LogP contribution in [-0.2, 0) is 6.42 Å². The van der Waals surface area contributed by atoms with E-state index in [-0.39, 0.29) is 0 Å². The topological polar surface area (TPSA) is 68.9 Å². The Hall–Kier alpha value is -1.25. The highest BCUT2D eigenvalue weighted by molar-refractivity contribution is 8.00. The third-order valence-corrected chi connectivity index (χ3v) is 4.13. The molecule has 3 rings (SSSR count). The Bertz CT molecular complexity index is 693. The number of fused-ring (bicyclic) bond motifs is 1. The summed E-state index contributed by atoms with van der Waals surface area (Å²) in [4.78, 5) is 12.5. The predicted octanol–water partition coefficient (Wildman–Crippen LogP) is 2.34. The van der Waals surface area contributed by atoms with Gasteiger partial charge in [-0.25, -0.2) is 4.98 Å². The molecule has 0 radical (unpaired) electrons. The highest BCUT2D eigenvalue weighted by Crippen LogP contribution is 2.30. The molecule has 0 unspecified atom stereocenters. The van der Waals surface area contributed by atoms with Crippen LogP contribution in [0.15, 0.2) is 21.8 Å². The molecular formula is C9H7ClN6S2. The molecule has 0 aliphatic heterocycles. The molecule has 0 amide bonds. The Kier molecular flexibility index (Phi) is 3.14. The first-order valence-corrected chi connectivity index (χ1v) is 7.10. The van der Waals surface area contributed by atoms with E-state index < -0.39 is 0 Å². The summed E-state index contributed by atoms with van der Waals surface area (Å²) in [6.07, 6.45) is 2.27. The molecule has 0 N–H and O–H groups in total. The third kappa shape index (κ3) is 2.18. The number of hydrogen-bond donors (Lipinski definition) is 0. The second-order valence-electron chi connectivity index (χ2n) is 3.32. The summed E-state index contributed by atoms with van der Waals surface area (Å²) < 4.78 is 6.72. The van der Waals surface area contributed by atoms with E-state index in [1.165, 1.54) is 29.6 Å². The van der Waals surface area contributed by atoms with Gasteiger partial charge in [-0.3, -0.25) is 0 Å². The summed E-state index contributed by atoms with van der Waals surface area (Å²) in [7, 11) is 0. The molecule has 92 valence electrons. The van der Waals surface area contributed by atoms with Gasteiger partial charge >= 0.3 is 0 Å². The second-order valence-corrected chi connectivity index (χ2v) is 5.73. The molecule has 0 fully saturated rings. The molecule has 0 saturated carbocycles. The molecule has 3 aromatic rings. The van der Waals surface area contributed by atoms with Gasteiger partial charge in [-0.2, -0.15) is 24.0 Å². The van der Waals surface area contributed by atoms with Gasteiger partial charge in [0, 0.05) is 12.5 Å². The van der Waals surface area contributed by atoms with Crippen LogP contribution in [0, 0.1) is 0 Å². The Morgan fingerprint density at radius 3 is 3.11 bits per heavy atom. The third-order valence-electron chi connectivity index (χ3n) is 2.15. The number of aryl methyl sites for hydroxylation is 1. The SMILES string of the molecule is CCc1nsc(Sc2cc(Cl)nc3ncnn23)n1. The van der Waals surface area contributed by atoms with Gasteiger partial charge in [0.05, 0.1) is 0 Å². The van der Waals surface area contributed by atoms with Crippen LogP contribution in [0.3, 0.4) is 0 Å².